The largest absolute Gasteiger partial charge is 0.494 e. The molecule has 0 bridgehead atoms. The second-order valence-electron chi connectivity index (χ2n) is 5.12. The molecule has 1 aromatic carbocycles. The zero-order chi connectivity index (χ0) is 12.2. The molecule has 0 saturated heterocycles. The smallest absolute Gasteiger partial charge is 0.119 e. The number of rotatable bonds is 4. The molecule has 1 rings (SSSR count). The third kappa shape index (κ3) is 4.54. The molecule has 1 aromatic rings. The van der Waals surface area contributed by atoms with Crippen LogP contribution < -0.4 is 10.5 Å². The van der Waals surface area contributed by atoms with Crippen molar-refractivity contribution in [3.8, 4) is 5.75 Å². The molecule has 0 spiro atoms. The first-order valence-electron chi connectivity index (χ1n) is 5.54. The van der Waals surface area contributed by atoms with Gasteiger partial charge in [0.1, 0.15) is 5.75 Å². The fourth-order valence-corrected chi connectivity index (χ4v) is 1.68. The van der Waals surface area contributed by atoms with Crippen LogP contribution in [0.5, 0.6) is 5.75 Å². The summed E-state index contributed by atoms with van der Waals surface area (Å²) in [6.07, 6.45) is 1.04. The predicted octanol–water partition coefficient (Wildman–Crippen LogP) is 3.72. The third-order valence-corrected chi connectivity index (χ3v) is 3.13. The molecular formula is C13H20BrNO. The summed E-state index contributed by atoms with van der Waals surface area (Å²) in [6.45, 7) is 7.90. The molecule has 2 nitrogen and oxygen atoms in total. The number of halogens is 1. The minimum atomic E-state index is 0.312. The Labute approximate surface area is 106 Å². The first-order valence-corrected chi connectivity index (χ1v) is 6.33. The van der Waals surface area contributed by atoms with E-state index in [9.17, 15) is 0 Å². The van der Waals surface area contributed by atoms with Crippen LogP contribution in [0.2, 0.25) is 0 Å². The predicted molar refractivity (Wildman–Crippen MR) is 71.6 cm³/mol. The Morgan fingerprint density at radius 3 is 2.56 bits per heavy atom. The summed E-state index contributed by atoms with van der Waals surface area (Å²) >= 11 is 3.45. The van der Waals surface area contributed by atoms with Crippen LogP contribution in [0.25, 0.3) is 0 Å². The lowest BCUT2D eigenvalue weighted by Gasteiger charge is -2.18. The van der Waals surface area contributed by atoms with Crippen molar-refractivity contribution in [2.45, 2.75) is 33.7 Å². The van der Waals surface area contributed by atoms with Gasteiger partial charge in [0.15, 0.2) is 0 Å². The standard InChI is InChI=1S/C13H20BrNO/c1-13(2,3)6-7-16-11-4-5-12(14)10(8-11)9-15/h4-5,8H,6-7,9,15H2,1-3H3. The Balaban J connectivity index is 2.55. The van der Waals surface area contributed by atoms with Gasteiger partial charge in [-0.15, -0.1) is 0 Å². The van der Waals surface area contributed by atoms with Crippen molar-refractivity contribution in [1.82, 2.24) is 0 Å². The van der Waals surface area contributed by atoms with Gasteiger partial charge in [-0.25, -0.2) is 0 Å². The van der Waals surface area contributed by atoms with E-state index in [-0.39, 0.29) is 0 Å². The monoisotopic (exact) mass is 285 g/mol. The molecule has 0 fully saturated rings. The molecule has 0 unspecified atom stereocenters. The molecule has 0 aromatic heterocycles. The van der Waals surface area contributed by atoms with E-state index in [0.717, 1.165) is 28.8 Å². The molecule has 3 heteroatoms. The van der Waals surface area contributed by atoms with Crippen LogP contribution >= 0.6 is 15.9 Å². The number of benzene rings is 1. The van der Waals surface area contributed by atoms with Gasteiger partial charge in [-0.05, 0) is 35.6 Å². The summed E-state index contributed by atoms with van der Waals surface area (Å²) in [5, 5.41) is 0. The summed E-state index contributed by atoms with van der Waals surface area (Å²) in [4.78, 5) is 0. The normalized spacial score (nSPS) is 11.6. The number of hydrogen-bond acceptors (Lipinski definition) is 2. The lowest BCUT2D eigenvalue weighted by molar-refractivity contribution is 0.243. The summed E-state index contributed by atoms with van der Waals surface area (Å²) in [5.74, 6) is 0.896. The van der Waals surface area contributed by atoms with Gasteiger partial charge in [0.2, 0.25) is 0 Å². The van der Waals surface area contributed by atoms with Crippen molar-refractivity contribution in [3.63, 3.8) is 0 Å². The molecule has 0 aliphatic heterocycles. The van der Waals surface area contributed by atoms with Crippen LogP contribution in [0.3, 0.4) is 0 Å². The van der Waals surface area contributed by atoms with Gasteiger partial charge in [0.05, 0.1) is 6.61 Å². The summed E-state index contributed by atoms with van der Waals surface area (Å²) in [5.41, 5.74) is 7.02. The van der Waals surface area contributed by atoms with Crippen molar-refractivity contribution < 1.29 is 4.74 Å². The minimum absolute atomic E-state index is 0.312. The van der Waals surface area contributed by atoms with Crippen molar-refractivity contribution >= 4 is 15.9 Å². The molecule has 0 radical (unpaired) electrons. The highest BCUT2D eigenvalue weighted by Crippen LogP contribution is 2.23. The maximum absolute atomic E-state index is 5.70. The van der Waals surface area contributed by atoms with Crippen LogP contribution in [0.15, 0.2) is 22.7 Å². The Hall–Kier alpha value is -0.540. The van der Waals surface area contributed by atoms with E-state index in [4.69, 9.17) is 10.5 Å². The number of nitrogens with two attached hydrogens (primary N) is 1. The Kier molecular flexibility index (Phi) is 4.81. The molecule has 0 aliphatic carbocycles. The Morgan fingerprint density at radius 2 is 2.00 bits per heavy atom. The average Bonchev–Trinajstić information content (AvgIpc) is 2.18. The average molecular weight is 286 g/mol. The highest BCUT2D eigenvalue weighted by atomic mass is 79.9. The highest BCUT2D eigenvalue weighted by Gasteiger charge is 2.10. The van der Waals surface area contributed by atoms with E-state index in [0.29, 0.717) is 12.0 Å². The number of ether oxygens (including phenoxy) is 1. The lowest BCUT2D eigenvalue weighted by atomic mass is 9.93. The highest BCUT2D eigenvalue weighted by molar-refractivity contribution is 9.10. The molecule has 90 valence electrons. The number of hydrogen-bond donors (Lipinski definition) is 1. The van der Waals surface area contributed by atoms with Crippen molar-refractivity contribution in [3.05, 3.63) is 28.2 Å². The topological polar surface area (TPSA) is 35.2 Å². The molecule has 2 N–H and O–H groups in total. The quantitative estimate of drug-likeness (QED) is 0.915. The van der Waals surface area contributed by atoms with Gasteiger partial charge in [0.25, 0.3) is 0 Å². The van der Waals surface area contributed by atoms with Crippen molar-refractivity contribution in [2.24, 2.45) is 11.1 Å². The van der Waals surface area contributed by atoms with E-state index in [1.165, 1.54) is 0 Å². The van der Waals surface area contributed by atoms with Gasteiger partial charge in [0, 0.05) is 11.0 Å². The van der Waals surface area contributed by atoms with Gasteiger partial charge in [-0.1, -0.05) is 36.7 Å². The van der Waals surface area contributed by atoms with Gasteiger partial charge in [-0.2, -0.15) is 0 Å². The first-order chi connectivity index (χ1) is 7.42. The van der Waals surface area contributed by atoms with Crippen molar-refractivity contribution in [2.75, 3.05) is 6.61 Å². The van der Waals surface area contributed by atoms with E-state index in [2.05, 4.69) is 36.7 Å². The first kappa shape index (κ1) is 13.5. The molecule has 16 heavy (non-hydrogen) atoms. The molecule has 0 aliphatic rings. The molecule has 0 heterocycles. The zero-order valence-electron chi connectivity index (χ0n) is 10.2. The van der Waals surface area contributed by atoms with E-state index in [1.54, 1.807) is 0 Å². The Morgan fingerprint density at radius 1 is 1.31 bits per heavy atom. The molecular weight excluding hydrogens is 266 g/mol. The minimum Gasteiger partial charge on any atom is -0.494 e. The van der Waals surface area contributed by atoms with E-state index >= 15 is 0 Å². The fraction of sp³-hybridized carbons (Fsp3) is 0.538. The second-order valence-corrected chi connectivity index (χ2v) is 5.97. The van der Waals surface area contributed by atoms with Crippen molar-refractivity contribution in [1.29, 1.82) is 0 Å². The third-order valence-electron chi connectivity index (χ3n) is 2.36. The lowest BCUT2D eigenvalue weighted by Crippen LogP contribution is -2.11. The van der Waals surface area contributed by atoms with Crippen LogP contribution in [-0.2, 0) is 6.54 Å². The zero-order valence-corrected chi connectivity index (χ0v) is 11.8. The van der Waals surface area contributed by atoms with E-state index in [1.807, 2.05) is 18.2 Å². The summed E-state index contributed by atoms with van der Waals surface area (Å²) in [6, 6.07) is 5.94. The van der Waals surface area contributed by atoms with Crippen LogP contribution in [0.1, 0.15) is 32.8 Å². The van der Waals surface area contributed by atoms with Gasteiger partial charge < -0.3 is 10.5 Å². The summed E-state index contributed by atoms with van der Waals surface area (Å²) < 4.78 is 6.74. The van der Waals surface area contributed by atoms with E-state index < -0.39 is 0 Å². The van der Waals surface area contributed by atoms with Gasteiger partial charge >= 0.3 is 0 Å². The fourth-order valence-electron chi connectivity index (χ4n) is 1.27. The van der Waals surface area contributed by atoms with Gasteiger partial charge in [-0.3, -0.25) is 0 Å². The SMILES string of the molecule is CC(C)(C)CCOc1ccc(Br)c(CN)c1. The van der Waals surface area contributed by atoms with Crippen LogP contribution in [0, 0.1) is 5.41 Å². The molecule has 0 saturated carbocycles. The molecule has 0 atom stereocenters. The Bertz CT molecular complexity index is 344. The van der Waals surface area contributed by atoms with Crippen LogP contribution in [0.4, 0.5) is 0 Å². The second kappa shape index (κ2) is 5.69. The molecule has 0 amide bonds. The maximum atomic E-state index is 5.70. The maximum Gasteiger partial charge on any atom is 0.119 e. The van der Waals surface area contributed by atoms with Crippen LogP contribution in [-0.4, -0.2) is 6.61 Å². The summed E-state index contributed by atoms with van der Waals surface area (Å²) in [7, 11) is 0.